The van der Waals surface area contributed by atoms with Gasteiger partial charge in [0.05, 0.1) is 0 Å². The molecule has 0 aliphatic carbocycles. The SMILES string of the molecule is O=C(O)CC(=O)Nc1ccc(NC(=O)OCc2ccccc2)cc1. The molecule has 2 rings (SSSR count). The number of carbonyl (C=O) groups is 3. The Labute approximate surface area is 138 Å². The van der Waals surface area contributed by atoms with Gasteiger partial charge >= 0.3 is 12.1 Å². The molecule has 0 aliphatic rings. The van der Waals surface area contributed by atoms with E-state index in [1.54, 1.807) is 24.3 Å². The predicted molar refractivity (Wildman–Crippen MR) is 87.6 cm³/mol. The Balaban J connectivity index is 1.81. The lowest BCUT2D eigenvalue weighted by molar-refractivity contribution is -0.139. The first-order valence-corrected chi connectivity index (χ1v) is 7.12. The van der Waals surface area contributed by atoms with E-state index in [0.717, 1.165) is 5.56 Å². The highest BCUT2D eigenvalue weighted by atomic mass is 16.5. The Morgan fingerprint density at radius 3 is 2.04 bits per heavy atom. The van der Waals surface area contributed by atoms with E-state index in [9.17, 15) is 14.4 Å². The zero-order chi connectivity index (χ0) is 17.4. The van der Waals surface area contributed by atoms with Crippen molar-refractivity contribution < 1.29 is 24.2 Å². The average Bonchev–Trinajstić information content (AvgIpc) is 2.55. The maximum Gasteiger partial charge on any atom is 0.411 e. The van der Waals surface area contributed by atoms with Gasteiger partial charge in [-0.2, -0.15) is 0 Å². The van der Waals surface area contributed by atoms with Crippen LogP contribution in [0.25, 0.3) is 0 Å². The summed E-state index contributed by atoms with van der Waals surface area (Å²) in [6.07, 6.45) is -1.20. The number of amides is 2. The molecule has 124 valence electrons. The molecule has 2 amide bonds. The second-order valence-electron chi connectivity index (χ2n) is 4.88. The molecule has 0 bridgehead atoms. The summed E-state index contributed by atoms with van der Waals surface area (Å²) in [5.74, 6) is -1.82. The molecular formula is C17H16N2O5. The molecule has 0 aromatic heterocycles. The van der Waals surface area contributed by atoms with Crippen molar-refractivity contribution in [2.75, 3.05) is 10.6 Å². The minimum Gasteiger partial charge on any atom is -0.481 e. The van der Waals surface area contributed by atoms with E-state index in [2.05, 4.69) is 10.6 Å². The summed E-state index contributed by atoms with van der Waals surface area (Å²) < 4.78 is 5.09. The first-order valence-electron chi connectivity index (χ1n) is 7.12. The molecule has 7 nitrogen and oxygen atoms in total. The number of benzene rings is 2. The van der Waals surface area contributed by atoms with Gasteiger partial charge < -0.3 is 15.2 Å². The van der Waals surface area contributed by atoms with Crippen molar-refractivity contribution in [1.29, 1.82) is 0 Å². The van der Waals surface area contributed by atoms with Gasteiger partial charge in [0.2, 0.25) is 5.91 Å². The van der Waals surface area contributed by atoms with Crippen LogP contribution in [0, 0.1) is 0 Å². The number of carboxylic acid groups (broad SMARTS) is 1. The molecule has 0 heterocycles. The normalized spacial score (nSPS) is 9.83. The fraction of sp³-hybridized carbons (Fsp3) is 0.118. The number of ether oxygens (including phenoxy) is 1. The Hall–Kier alpha value is -3.35. The molecule has 0 atom stereocenters. The topological polar surface area (TPSA) is 105 Å². The number of rotatable bonds is 6. The molecule has 3 N–H and O–H groups in total. The standard InChI is InChI=1S/C17H16N2O5/c20-15(10-16(21)22)18-13-6-8-14(9-7-13)19-17(23)24-11-12-4-2-1-3-5-12/h1-9H,10-11H2,(H,18,20)(H,19,23)(H,21,22). The van der Waals surface area contributed by atoms with Gasteiger partial charge in [-0.15, -0.1) is 0 Å². The molecule has 0 unspecified atom stereocenters. The minimum absolute atomic E-state index is 0.163. The van der Waals surface area contributed by atoms with E-state index in [0.29, 0.717) is 11.4 Å². The smallest absolute Gasteiger partial charge is 0.411 e. The molecule has 0 saturated heterocycles. The van der Waals surface area contributed by atoms with Crippen LogP contribution in [0.15, 0.2) is 54.6 Å². The monoisotopic (exact) mass is 328 g/mol. The van der Waals surface area contributed by atoms with Crippen LogP contribution < -0.4 is 10.6 Å². The summed E-state index contributed by atoms with van der Waals surface area (Å²) >= 11 is 0. The molecular weight excluding hydrogens is 312 g/mol. The first kappa shape index (κ1) is 17.0. The lowest BCUT2D eigenvalue weighted by Gasteiger charge is -2.08. The predicted octanol–water partition coefficient (Wildman–Crippen LogP) is 2.85. The lowest BCUT2D eigenvalue weighted by atomic mass is 10.2. The summed E-state index contributed by atoms with van der Waals surface area (Å²) in [5, 5.41) is 13.5. The number of hydrogen-bond donors (Lipinski definition) is 3. The summed E-state index contributed by atoms with van der Waals surface area (Å²) in [6, 6.07) is 15.5. The highest BCUT2D eigenvalue weighted by molar-refractivity contribution is 6.01. The van der Waals surface area contributed by atoms with Crippen LogP contribution in [0.1, 0.15) is 12.0 Å². The zero-order valence-electron chi connectivity index (χ0n) is 12.7. The van der Waals surface area contributed by atoms with Gasteiger partial charge in [0.25, 0.3) is 0 Å². The number of nitrogens with one attached hydrogen (secondary N) is 2. The third kappa shape index (κ3) is 5.80. The van der Waals surface area contributed by atoms with Crippen LogP contribution >= 0.6 is 0 Å². The van der Waals surface area contributed by atoms with Gasteiger partial charge in [-0.1, -0.05) is 30.3 Å². The van der Waals surface area contributed by atoms with Gasteiger partial charge in [0.1, 0.15) is 13.0 Å². The average molecular weight is 328 g/mol. The quantitative estimate of drug-likeness (QED) is 0.707. The Morgan fingerprint density at radius 1 is 0.875 bits per heavy atom. The third-order valence-electron chi connectivity index (χ3n) is 2.94. The van der Waals surface area contributed by atoms with Gasteiger partial charge in [0.15, 0.2) is 0 Å². The summed E-state index contributed by atoms with van der Waals surface area (Å²) in [5.41, 5.74) is 1.80. The van der Waals surface area contributed by atoms with Crippen molar-refractivity contribution in [3.63, 3.8) is 0 Å². The van der Waals surface area contributed by atoms with E-state index >= 15 is 0 Å². The molecule has 0 aliphatic heterocycles. The highest BCUT2D eigenvalue weighted by Gasteiger charge is 2.08. The third-order valence-corrected chi connectivity index (χ3v) is 2.94. The van der Waals surface area contributed by atoms with Gasteiger partial charge in [-0.25, -0.2) is 4.79 Å². The van der Waals surface area contributed by atoms with Crippen LogP contribution in [0.2, 0.25) is 0 Å². The van der Waals surface area contributed by atoms with Crippen molar-refractivity contribution >= 4 is 29.3 Å². The van der Waals surface area contributed by atoms with Crippen LogP contribution in [0.5, 0.6) is 0 Å². The van der Waals surface area contributed by atoms with Crippen molar-refractivity contribution in [3.8, 4) is 0 Å². The van der Waals surface area contributed by atoms with E-state index in [-0.39, 0.29) is 6.61 Å². The maximum absolute atomic E-state index is 11.7. The second-order valence-corrected chi connectivity index (χ2v) is 4.88. The lowest BCUT2D eigenvalue weighted by Crippen LogP contribution is -2.16. The molecule has 0 spiro atoms. The Kier molecular flexibility index (Phi) is 5.90. The molecule has 0 radical (unpaired) electrons. The summed E-state index contributed by atoms with van der Waals surface area (Å²) in [4.78, 5) is 33.4. The second kappa shape index (κ2) is 8.33. The highest BCUT2D eigenvalue weighted by Crippen LogP contribution is 2.14. The van der Waals surface area contributed by atoms with Crippen molar-refractivity contribution in [1.82, 2.24) is 0 Å². The van der Waals surface area contributed by atoms with E-state index in [1.165, 1.54) is 0 Å². The number of anilines is 2. The van der Waals surface area contributed by atoms with Crippen LogP contribution in [-0.2, 0) is 20.9 Å². The van der Waals surface area contributed by atoms with Gasteiger partial charge in [-0.3, -0.25) is 14.9 Å². The Bertz CT molecular complexity index is 714. The first-order chi connectivity index (χ1) is 11.5. The van der Waals surface area contributed by atoms with Crippen LogP contribution in [-0.4, -0.2) is 23.1 Å². The number of carboxylic acids is 1. The fourth-order valence-corrected chi connectivity index (χ4v) is 1.86. The molecule has 2 aromatic carbocycles. The number of aliphatic carboxylic acids is 1. The minimum atomic E-state index is -1.20. The molecule has 0 saturated carbocycles. The summed E-state index contributed by atoms with van der Waals surface area (Å²) in [6.45, 7) is 0.163. The number of carbonyl (C=O) groups excluding carboxylic acids is 2. The van der Waals surface area contributed by atoms with E-state index in [4.69, 9.17) is 9.84 Å². The molecule has 2 aromatic rings. The molecule has 0 fully saturated rings. The van der Waals surface area contributed by atoms with Crippen LogP contribution in [0.4, 0.5) is 16.2 Å². The fourth-order valence-electron chi connectivity index (χ4n) is 1.86. The van der Waals surface area contributed by atoms with Crippen molar-refractivity contribution in [2.24, 2.45) is 0 Å². The van der Waals surface area contributed by atoms with Crippen molar-refractivity contribution in [3.05, 3.63) is 60.2 Å². The Morgan fingerprint density at radius 2 is 1.46 bits per heavy atom. The van der Waals surface area contributed by atoms with E-state index in [1.807, 2.05) is 30.3 Å². The maximum atomic E-state index is 11.7. The summed E-state index contributed by atoms with van der Waals surface area (Å²) in [7, 11) is 0. The van der Waals surface area contributed by atoms with Gasteiger partial charge in [-0.05, 0) is 29.8 Å². The largest absolute Gasteiger partial charge is 0.481 e. The molecule has 24 heavy (non-hydrogen) atoms. The number of hydrogen-bond acceptors (Lipinski definition) is 4. The zero-order valence-corrected chi connectivity index (χ0v) is 12.7. The van der Waals surface area contributed by atoms with Gasteiger partial charge in [0, 0.05) is 11.4 Å². The molecule has 7 heteroatoms. The van der Waals surface area contributed by atoms with Crippen LogP contribution in [0.3, 0.4) is 0 Å². The van der Waals surface area contributed by atoms with E-state index < -0.39 is 24.4 Å². The van der Waals surface area contributed by atoms with Crippen molar-refractivity contribution in [2.45, 2.75) is 13.0 Å².